The Labute approximate surface area is 217 Å². The van der Waals surface area contributed by atoms with Gasteiger partial charge in [-0.25, -0.2) is 0 Å². The number of likely N-dealkylation sites (tertiary alicyclic amines) is 1. The van der Waals surface area contributed by atoms with Gasteiger partial charge in [-0.3, -0.25) is 24.3 Å². The van der Waals surface area contributed by atoms with Crippen molar-refractivity contribution < 1.29 is 19.1 Å². The molecule has 1 atom stereocenters. The number of hydrogen-bond acceptors (Lipinski definition) is 6. The van der Waals surface area contributed by atoms with Crippen LogP contribution in [0.15, 0.2) is 78.9 Å². The van der Waals surface area contributed by atoms with Crippen LogP contribution in [0.25, 0.3) is 0 Å². The Kier molecular flexibility index (Phi) is 6.64. The highest BCUT2D eigenvalue weighted by atomic mass is 16.7. The van der Waals surface area contributed by atoms with Crippen molar-refractivity contribution in [2.75, 3.05) is 39.5 Å². The van der Waals surface area contributed by atoms with Gasteiger partial charge in [-0.1, -0.05) is 66.7 Å². The standard InChI is InChI=1S/C30H31N3O4/c34-29-18-26(32-15-13-31(14-16-32)19-22-11-12-27-28(17-22)37-21-36-27)30(35)33(29)20-25(23-7-3-1-4-8-23)24-9-5-2-6-10-24/h1-12,17,25-26H,13-16,18-21H2/t26-/m1/s1. The van der Waals surface area contributed by atoms with Crippen molar-refractivity contribution in [1.82, 2.24) is 14.7 Å². The molecule has 3 aliphatic heterocycles. The van der Waals surface area contributed by atoms with Gasteiger partial charge in [0.1, 0.15) is 0 Å². The van der Waals surface area contributed by atoms with Gasteiger partial charge in [0.2, 0.25) is 18.6 Å². The van der Waals surface area contributed by atoms with Crippen LogP contribution in [0, 0.1) is 0 Å². The monoisotopic (exact) mass is 497 g/mol. The van der Waals surface area contributed by atoms with Crippen LogP contribution in [0.1, 0.15) is 29.0 Å². The number of rotatable bonds is 7. The first-order valence-electron chi connectivity index (χ1n) is 12.9. The fourth-order valence-electron chi connectivity index (χ4n) is 5.63. The topological polar surface area (TPSA) is 62.3 Å². The Balaban J connectivity index is 1.10. The van der Waals surface area contributed by atoms with Gasteiger partial charge in [0.15, 0.2) is 11.5 Å². The minimum absolute atomic E-state index is 0.0485. The van der Waals surface area contributed by atoms with E-state index in [2.05, 4.69) is 40.1 Å². The fraction of sp³-hybridized carbons (Fsp3) is 0.333. The van der Waals surface area contributed by atoms with E-state index in [4.69, 9.17) is 9.47 Å². The number of imide groups is 1. The first-order valence-corrected chi connectivity index (χ1v) is 12.9. The van der Waals surface area contributed by atoms with Gasteiger partial charge in [0.05, 0.1) is 12.5 Å². The van der Waals surface area contributed by atoms with E-state index < -0.39 is 0 Å². The summed E-state index contributed by atoms with van der Waals surface area (Å²) in [5.41, 5.74) is 3.40. The number of ether oxygens (including phenoxy) is 2. The highest BCUT2D eigenvalue weighted by Gasteiger charge is 2.43. The van der Waals surface area contributed by atoms with Gasteiger partial charge in [-0.15, -0.1) is 0 Å². The Bertz CT molecular complexity index is 1220. The molecule has 0 N–H and O–H groups in total. The molecule has 3 aliphatic rings. The summed E-state index contributed by atoms with van der Waals surface area (Å²) in [6.07, 6.45) is 0.261. The number of hydrogen-bond donors (Lipinski definition) is 0. The molecule has 0 spiro atoms. The van der Waals surface area contributed by atoms with Crippen molar-refractivity contribution in [3.63, 3.8) is 0 Å². The van der Waals surface area contributed by atoms with Crippen LogP contribution in [-0.4, -0.2) is 72.1 Å². The molecule has 190 valence electrons. The summed E-state index contributed by atoms with van der Waals surface area (Å²) in [4.78, 5) is 32.7. The van der Waals surface area contributed by atoms with Crippen LogP contribution >= 0.6 is 0 Å². The Hall–Kier alpha value is -3.68. The van der Waals surface area contributed by atoms with Crippen molar-refractivity contribution in [2.45, 2.75) is 24.9 Å². The van der Waals surface area contributed by atoms with E-state index in [-0.39, 0.29) is 37.0 Å². The van der Waals surface area contributed by atoms with E-state index in [0.717, 1.165) is 55.3 Å². The van der Waals surface area contributed by atoms with Crippen LogP contribution in [0.5, 0.6) is 11.5 Å². The second kappa shape index (κ2) is 10.4. The zero-order valence-corrected chi connectivity index (χ0v) is 20.8. The smallest absolute Gasteiger partial charge is 0.247 e. The maximum atomic E-state index is 13.5. The molecule has 3 heterocycles. The SMILES string of the molecule is O=C1C[C@@H](N2CCN(Cc3ccc4c(c3)OCO4)CC2)C(=O)N1CC(c1ccccc1)c1ccccc1. The largest absolute Gasteiger partial charge is 0.454 e. The second-order valence-corrected chi connectivity index (χ2v) is 9.94. The summed E-state index contributed by atoms with van der Waals surface area (Å²) in [6, 6.07) is 26.0. The van der Waals surface area contributed by atoms with Crippen molar-refractivity contribution >= 4 is 11.8 Å². The van der Waals surface area contributed by atoms with E-state index in [9.17, 15) is 9.59 Å². The number of fused-ring (bicyclic) bond motifs is 1. The molecule has 0 unspecified atom stereocenters. The molecule has 3 aromatic rings. The summed E-state index contributed by atoms with van der Waals surface area (Å²) < 4.78 is 10.9. The summed E-state index contributed by atoms with van der Waals surface area (Å²) in [5, 5.41) is 0. The maximum absolute atomic E-state index is 13.5. The Morgan fingerprint density at radius 2 is 1.43 bits per heavy atom. The quantitative estimate of drug-likeness (QED) is 0.466. The number of benzene rings is 3. The third-order valence-corrected chi connectivity index (χ3v) is 7.68. The molecule has 6 rings (SSSR count). The van der Waals surface area contributed by atoms with Gasteiger partial charge in [-0.2, -0.15) is 0 Å². The molecular weight excluding hydrogens is 466 g/mol. The average Bonchev–Trinajstić information content (AvgIpc) is 3.52. The molecule has 2 fully saturated rings. The lowest BCUT2D eigenvalue weighted by molar-refractivity contribution is -0.140. The van der Waals surface area contributed by atoms with Gasteiger partial charge in [0, 0.05) is 45.2 Å². The Morgan fingerprint density at radius 1 is 0.784 bits per heavy atom. The summed E-state index contributed by atoms with van der Waals surface area (Å²) in [7, 11) is 0. The lowest BCUT2D eigenvalue weighted by atomic mass is 9.91. The normalized spacial score (nSPS) is 20.2. The van der Waals surface area contributed by atoms with Crippen LogP contribution in [0.3, 0.4) is 0 Å². The van der Waals surface area contributed by atoms with E-state index >= 15 is 0 Å². The van der Waals surface area contributed by atoms with Gasteiger partial charge in [-0.05, 0) is 28.8 Å². The molecule has 0 aliphatic carbocycles. The van der Waals surface area contributed by atoms with Crippen LogP contribution < -0.4 is 9.47 Å². The predicted octanol–water partition coefficient (Wildman–Crippen LogP) is 3.49. The second-order valence-electron chi connectivity index (χ2n) is 9.94. The first-order chi connectivity index (χ1) is 18.2. The van der Waals surface area contributed by atoms with Gasteiger partial charge in [0.25, 0.3) is 0 Å². The number of nitrogens with zero attached hydrogens (tertiary/aromatic N) is 3. The third-order valence-electron chi connectivity index (χ3n) is 7.68. The molecule has 0 bridgehead atoms. The van der Waals surface area contributed by atoms with Crippen molar-refractivity contribution in [3.8, 4) is 11.5 Å². The molecular formula is C30H31N3O4. The highest BCUT2D eigenvalue weighted by molar-refractivity contribution is 6.05. The van der Waals surface area contributed by atoms with Crippen molar-refractivity contribution in [3.05, 3.63) is 95.6 Å². The summed E-state index contributed by atoms with van der Waals surface area (Å²) >= 11 is 0. The molecule has 3 aromatic carbocycles. The molecule has 2 amide bonds. The molecule has 2 saturated heterocycles. The fourth-order valence-corrected chi connectivity index (χ4v) is 5.63. The molecule has 7 nitrogen and oxygen atoms in total. The van der Waals surface area contributed by atoms with Crippen LogP contribution in [0.4, 0.5) is 0 Å². The van der Waals surface area contributed by atoms with Crippen LogP contribution in [-0.2, 0) is 16.1 Å². The van der Waals surface area contributed by atoms with E-state index in [1.165, 1.54) is 10.5 Å². The molecule has 7 heteroatoms. The number of carbonyl (C=O) groups excluding carboxylic acids is 2. The number of piperazine rings is 1. The summed E-state index contributed by atoms with van der Waals surface area (Å²) in [6.45, 7) is 4.70. The van der Waals surface area contributed by atoms with Crippen molar-refractivity contribution in [1.29, 1.82) is 0 Å². The molecule has 0 radical (unpaired) electrons. The Morgan fingerprint density at radius 3 is 2.11 bits per heavy atom. The summed E-state index contributed by atoms with van der Waals surface area (Å²) in [5.74, 6) is 1.41. The van der Waals surface area contributed by atoms with E-state index in [1.807, 2.05) is 48.5 Å². The highest BCUT2D eigenvalue weighted by Crippen LogP contribution is 2.33. The molecule has 37 heavy (non-hydrogen) atoms. The van der Waals surface area contributed by atoms with E-state index in [0.29, 0.717) is 6.54 Å². The third kappa shape index (κ3) is 4.97. The van der Waals surface area contributed by atoms with Crippen molar-refractivity contribution in [2.24, 2.45) is 0 Å². The minimum atomic E-state index is -0.368. The lowest BCUT2D eigenvalue weighted by Crippen LogP contribution is -2.52. The molecule has 0 saturated carbocycles. The maximum Gasteiger partial charge on any atom is 0.247 e. The minimum Gasteiger partial charge on any atom is -0.454 e. The number of amides is 2. The predicted molar refractivity (Wildman–Crippen MR) is 139 cm³/mol. The van der Waals surface area contributed by atoms with Gasteiger partial charge < -0.3 is 9.47 Å². The van der Waals surface area contributed by atoms with Crippen LogP contribution in [0.2, 0.25) is 0 Å². The zero-order valence-electron chi connectivity index (χ0n) is 20.8. The number of carbonyl (C=O) groups is 2. The van der Waals surface area contributed by atoms with Gasteiger partial charge >= 0.3 is 0 Å². The first kappa shape index (κ1) is 23.7. The zero-order chi connectivity index (χ0) is 25.2. The average molecular weight is 498 g/mol. The lowest BCUT2D eigenvalue weighted by Gasteiger charge is -2.37. The van der Waals surface area contributed by atoms with E-state index in [1.54, 1.807) is 0 Å². The molecule has 0 aromatic heterocycles.